The minimum Gasteiger partial charge on any atom is -0.308 e. The molecule has 3 aromatic rings. The van der Waals surface area contributed by atoms with Crippen molar-refractivity contribution in [1.82, 2.24) is 4.90 Å². The fourth-order valence-corrected chi connectivity index (χ4v) is 5.06. The molecule has 2 N–H and O–H groups in total. The highest BCUT2D eigenvalue weighted by Crippen LogP contribution is 2.38. The fraction of sp³-hybridized carbons (Fsp3) is 0.185. The van der Waals surface area contributed by atoms with E-state index in [0.29, 0.717) is 11.0 Å². The van der Waals surface area contributed by atoms with E-state index < -0.39 is 61.4 Å². The Hall–Kier alpha value is -4.68. The Kier molecular flexibility index (Phi) is 8.14. The summed E-state index contributed by atoms with van der Waals surface area (Å²) in [6, 6.07) is 10.1. The second-order valence-corrected chi connectivity index (χ2v) is 12.3. The van der Waals surface area contributed by atoms with Gasteiger partial charge in [0.15, 0.2) is 0 Å². The van der Waals surface area contributed by atoms with Gasteiger partial charge in [0.2, 0.25) is 0 Å². The fourth-order valence-electron chi connectivity index (χ4n) is 4.29. The van der Waals surface area contributed by atoms with Gasteiger partial charge in [0.25, 0.3) is 15.0 Å². The monoisotopic (exact) mass is 637 g/mol. The number of hydrogen-bond acceptors (Lipinski definition) is 6. The van der Waals surface area contributed by atoms with Crippen molar-refractivity contribution in [2.24, 2.45) is 0 Å². The Labute approximate surface area is 246 Å². The number of alkyl halides is 3. The van der Waals surface area contributed by atoms with E-state index in [1.54, 1.807) is 0 Å². The minimum absolute atomic E-state index is 0.0929. The first kappa shape index (κ1) is 31.3. The molecule has 224 valence electrons. The maximum atomic E-state index is 14.2. The Balaban J connectivity index is 1.60. The summed E-state index contributed by atoms with van der Waals surface area (Å²) in [7, 11) is 1.28. The van der Waals surface area contributed by atoms with E-state index in [4.69, 9.17) is 15.9 Å². The quantitative estimate of drug-likeness (QED) is 0.192. The van der Waals surface area contributed by atoms with E-state index in [1.807, 2.05) is 0 Å². The molecule has 0 atom stereocenters. The standard InChI is InChI=1S/C27H20ClF4N5O5S/c1-26(2)23(38)37(19-8-4-15(13-33)21(12-19)27(30,31)32)25(40)36(26)14-16-3-5-17(29)11-22(16)35-24(39)34-18-6-9-20(10-7-18)43(28,41)42/h3-12H,14H2,1-2H3,(H2,34,35,39). The van der Waals surface area contributed by atoms with Gasteiger partial charge in [-0.25, -0.2) is 27.3 Å². The molecule has 1 aliphatic heterocycles. The van der Waals surface area contributed by atoms with Crippen molar-refractivity contribution in [3.8, 4) is 6.07 Å². The molecule has 0 saturated carbocycles. The number of carbonyl (C=O) groups excluding carboxylic acids is 3. The van der Waals surface area contributed by atoms with Crippen molar-refractivity contribution in [3.63, 3.8) is 0 Å². The van der Waals surface area contributed by atoms with E-state index in [-0.39, 0.29) is 28.4 Å². The molecule has 5 amide bonds. The Morgan fingerprint density at radius 1 is 1.02 bits per heavy atom. The van der Waals surface area contributed by atoms with Crippen LogP contribution in [0.2, 0.25) is 0 Å². The molecule has 0 aliphatic carbocycles. The third-order valence-electron chi connectivity index (χ3n) is 6.55. The van der Waals surface area contributed by atoms with Crippen LogP contribution in [-0.4, -0.2) is 36.8 Å². The molecule has 1 fully saturated rings. The van der Waals surface area contributed by atoms with Crippen LogP contribution in [0, 0.1) is 17.1 Å². The molecule has 0 bridgehead atoms. The molecule has 1 aliphatic rings. The van der Waals surface area contributed by atoms with Gasteiger partial charge in [-0.1, -0.05) is 6.07 Å². The molecule has 3 aromatic carbocycles. The molecule has 0 unspecified atom stereocenters. The number of halogens is 5. The SMILES string of the molecule is CC1(C)C(=O)N(c2ccc(C#N)c(C(F)(F)F)c2)C(=O)N1Cc1ccc(F)cc1NC(=O)Nc1ccc(S(=O)(=O)Cl)cc1. The number of urea groups is 2. The van der Waals surface area contributed by atoms with Crippen LogP contribution in [-0.2, 0) is 26.6 Å². The van der Waals surface area contributed by atoms with E-state index in [9.17, 15) is 40.4 Å². The zero-order valence-electron chi connectivity index (χ0n) is 22.2. The summed E-state index contributed by atoms with van der Waals surface area (Å²) in [6.45, 7) is 2.37. The number of nitrogens with zero attached hydrogens (tertiary/aromatic N) is 3. The maximum absolute atomic E-state index is 14.2. The van der Waals surface area contributed by atoms with Gasteiger partial charge in [0.05, 0.1) is 40.0 Å². The highest BCUT2D eigenvalue weighted by atomic mass is 35.7. The van der Waals surface area contributed by atoms with Crippen LogP contribution in [0.5, 0.6) is 0 Å². The number of nitriles is 1. The maximum Gasteiger partial charge on any atom is 0.417 e. The molecule has 0 aromatic heterocycles. The lowest BCUT2D eigenvalue weighted by Crippen LogP contribution is -2.43. The molecule has 0 radical (unpaired) electrons. The Morgan fingerprint density at radius 3 is 2.26 bits per heavy atom. The summed E-state index contributed by atoms with van der Waals surface area (Å²) in [6.07, 6.45) is -4.93. The molecule has 4 rings (SSSR count). The number of hydrogen-bond donors (Lipinski definition) is 2. The van der Waals surface area contributed by atoms with E-state index in [2.05, 4.69) is 10.6 Å². The van der Waals surface area contributed by atoms with Crippen LogP contribution < -0.4 is 15.5 Å². The van der Waals surface area contributed by atoms with Crippen LogP contribution in [0.25, 0.3) is 0 Å². The van der Waals surface area contributed by atoms with Gasteiger partial charge in [-0.3, -0.25) is 4.79 Å². The van der Waals surface area contributed by atoms with Crippen LogP contribution in [0.4, 0.5) is 44.2 Å². The molecule has 16 heteroatoms. The summed E-state index contributed by atoms with van der Waals surface area (Å²) in [5.41, 5.74) is -3.75. The van der Waals surface area contributed by atoms with Gasteiger partial charge in [-0.15, -0.1) is 0 Å². The lowest BCUT2D eigenvalue weighted by Gasteiger charge is -2.28. The van der Waals surface area contributed by atoms with Crippen LogP contribution in [0.3, 0.4) is 0 Å². The third kappa shape index (κ3) is 6.40. The highest BCUT2D eigenvalue weighted by Gasteiger charge is 2.52. The summed E-state index contributed by atoms with van der Waals surface area (Å²) in [5.74, 6) is -1.61. The van der Waals surface area contributed by atoms with Crippen molar-refractivity contribution in [3.05, 3.63) is 83.2 Å². The summed E-state index contributed by atoms with van der Waals surface area (Å²) >= 11 is 0. The first-order valence-corrected chi connectivity index (χ1v) is 14.4. The lowest BCUT2D eigenvalue weighted by atomic mass is 10.0. The third-order valence-corrected chi connectivity index (χ3v) is 7.92. The predicted octanol–water partition coefficient (Wildman–Crippen LogP) is 6.04. The number of benzene rings is 3. The molecule has 0 spiro atoms. The minimum atomic E-state index is -4.93. The van der Waals surface area contributed by atoms with Crippen molar-refractivity contribution in [1.29, 1.82) is 5.26 Å². The summed E-state index contributed by atoms with van der Waals surface area (Å²) < 4.78 is 77.6. The highest BCUT2D eigenvalue weighted by molar-refractivity contribution is 8.13. The number of amides is 5. The van der Waals surface area contributed by atoms with Gasteiger partial charge in [-0.2, -0.15) is 18.4 Å². The summed E-state index contributed by atoms with van der Waals surface area (Å²) in [5, 5.41) is 13.9. The number of nitrogens with one attached hydrogen (secondary N) is 2. The van der Waals surface area contributed by atoms with Gasteiger partial charge in [-0.05, 0) is 74.0 Å². The Bertz CT molecular complexity index is 1790. The lowest BCUT2D eigenvalue weighted by molar-refractivity contribution is -0.137. The predicted molar refractivity (Wildman–Crippen MR) is 147 cm³/mol. The Morgan fingerprint density at radius 2 is 1.67 bits per heavy atom. The molecular formula is C27H20ClF4N5O5S. The average Bonchev–Trinajstić information content (AvgIpc) is 3.07. The van der Waals surface area contributed by atoms with Gasteiger partial charge >= 0.3 is 18.2 Å². The first-order chi connectivity index (χ1) is 19.9. The topological polar surface area (TPSA) is 140 Å². The van der Waals surface area contributed by atoms with Crippen molar-refractivity contribution in [2.75, 3.05) is 15.5 Å². The second-order valence-electron chi connectivity index (χ2n) is 9.75. The van der Waals surface area contributed by atoms with Gasteiger partial charge in [0.1, 0.15) is 11.4 Å². The zero-order chi connectivity index (χ0) is 31.9. The first-order valence-electron chi connectivity index (χ1n) is 12.1. The van der Waals surface area contributed by atoms with Crippen LogP contribution in [0.1, 0.15) is 30.5 Å². The van der Waals surface area contributed by atoms with Gasteiger partial charge in [0, 0.05) is 16.4 Å². The smallest absolute Gasteiger partial charge is 0.308 e. The second kappa shape index (κ2) is 11.2. The molecule has 43 heavy (non-hydrogen) atoms. The molecule has 1 saturated heterocycles. The van der Waals surface area contributed by atoms with Crippen molar-refractivity contribution >= 4 is 54.8 Å². The van der Waals surface area contributed by atoms with E-state index >= 15 is 0 Å². The average molecular weight is 638 g/mol. The van der Waals surface area contributed by atoms with Crippen molar-refractivity contribution < 1.29 is 40.4 Å². The zero-order valence-corrected chi connectivity index (χ0v) is 23.7. The molecule has 1 heterocycles. The molecular weight excluding hydrogens is 618 g/mol. The number of imide groups is 1. The van der Waals surface area contributed by atoms with E-state index in [1.165, 1.54) is 38.1 Å². The largest absolute Gasteiger partial charge is 0.417 e. The van der Waals surface area contributed by atoms with E-state index in [0.717, 1.165) is 41.3 Å². The number of rotatable bonds is 6. The number of carbonyl (C=O) groups is 3. The van der Waals surface area contributed by atoms with Crippen molar-refractivity contribution in [2.45, 2.75) is 37.0 Å². The van der Waals surface area contributed by atoms with Crippen LogP contribution >= 0.6 is 10.7 Å². The molecule has 10 nitrogen and oxygen atoms in total. The summed E-state index contributed by atoms with van der Waals surface area (Å²) in [4.78, 5) is 40.8. The van der Waals surface area contributed by atoms with Crippen LogP contribution in [0.15, 0.2) is 65.6 Å². The normalized spacial score (nSPS) is 14.9. The number of anilines is 3. The van der Waals surface area contributed by atoms with Gasteiger partial charge < -0.3 is 15.5 Å².